The van der Waals surface area contributed by atoms with Crippen molar-refractivity contribution in [2.75, 3.05) is 0 Å². The molecule has 0 spiro atoms. The SMILES string of the molecule is CC(C)c1nc(-c2cccs2)oc1C(=O)O. The number of hydrogen-bond donors (Lipinski definition) is 1. The fourth-order valence-corrected chi connectivity index (χ4v) is 2.03. The summed E-state index contributed by atoms with van der Waals surface area (Å²) in [5, 5.41) is 10.9. The lowest BCUT2D eigenvalue weighted by molar-refractivity contribution is 0.0661. The summed E-state index contributed by atoms with van der Waals surface area (Å²) in [6.07, 6.45) is 0. The van der Waals surface area contributed by atoms with Gasteiger partial charge in [-0.05, 0) is 17.4 Å². The number of rotatable bonds is 3. The van der Waals surface area contributed by atoms with Gasteiger partial charge in [0, 0.05) is 0 Å². The third-order valence-corrected chi connectivity index (χ3v) is 2.98. The highest BCUT2D eigenvalue weighted by atomic mass is 32.1. The quantitative estimate of drug-likeness (QED) is 0.890. The summed E-state index contributed by atoms with van der Waals surface area (Å²) >= 11 is 1.47. The number of carboxylic acids is 1. The van der Waals surface area contributed by atoms with Crippen LogP contribution in [0.1, 0.15) is 36.0 Å². The Morgan fingerprint density at radius 3 is 2.75 bits per heavy atom. The number of aromatic nitrogens is 1. The van der Waals surface area contributed by atoms with Gasteiger partial charge >= 0.3 is 5.97 Å². The van der Waals surface area contributed by atoms with Gasteiger partial charge in [-0.3, -0.25) is 0 Å². The molecule has 2 heterocycles. The lowest BCUT2D eigenvalue weighted by Gasteiger charge is -1.98. The fourth-order valence-electron chi connectivity index (χ4n) is 1.38. The van der Waals surface area contributed by atoms with E-state index >= 15 is 0 Å². The second-order valence-electron chi connectivity index (χ2n) is 3.67. The van der Waals surface area contributed by atoms with E-state index in [1.54, 1.807) is 0 Å². The van der Waals surface area contributed by atoms with E-state index in [1.165, 1.54) is 11.3 Å². The highest BCUT2D eigenvalue weighted by Gasteiger charge is 2.22. The molecule has 0 saturated heterocycles. The van der Waals surface area contributed by atoms with Crippen molar-refractivity contribution in [2.24, 2.45) is 0 Å². The molecule has 0 aliphatic rings. The molecule has 2 rings (SSSR count). The molecule has 2 aromatic heterocycles. The average molecular weight is 237 g/mol. The van der Waals surface area contributed by atoms with Gasteiger partial charge in [-0.2, -0.15) is 0 Å². The molecular weight excluding hydrogens is 226 g/mol. The maximum absolute atomic E-state index is 11.0. The first-order valence-corrected chi connectivity index (χ1v) is 5.75. The van der Waals surface area contributed by atoms with Gasteiger partial charge in [-0.15, -0.1) is 11.3 Å². The number of hydrogen-bond acceptors (Lipinski definition) is 4. The molecule has 0 fully saturated rings. The normalized spacial score (nSPS) is 10.9. The Hall–Kier alpha value is -1.62. The van der Waals surface area contributed by atoms with Gasteiger partial charge in [0.05, 0.1) is 10.6 Å². The van der Waals surface area contributed by atoms with Crippen molar-refractivity contribution in [1.82, 2.24) is 4.98 Å². The number of oxazole rings is 1. The molecule has 16 heavy (non-hydrogen) atoms. The number of carbonyl (C=O) groups is 1. The summed E-state index contributed by atoms with van der Waals surface area (Å²) in [4.78, 5) is 16.1. The van der Waals surface area contributed by atoms with Gasteiger partial charge in [0.25, 0.3) is 0 Å². The molecule has 4 nitrogen and oxygen atoms in total. The van der Waals surface area contributed by atoms with Gasteiger partial charge in [0.15, 0.2) is 0 Å². The van der Waals surface area contributed by atoms with Crippen molar-refractivity contribution in [3.8, 4) is 10.8 Å². The van der Waals surface area contributed by atoms with Crippen molar-refractivity contribution in [3.63, 3.8) is 0 Å². The van der Waals surface area contributed by atoms with Gasteiger partial charge in [0.2, 0.25) is 11.7 Å². The molecule has 84 valence electrons. The van der Waals surface area contributed by atoms with Crippen LogP contribution in [-0.2, 0) is 0 Å². The predicted molar refractivity (Wildman–Crippen MR) is 60.9 cm³/mol. The lowest BCUT2D eigenvalue weighted by atomic mass is 10.1. The summed E-state index contributed by atoms with van der Waals surface area (Å²) in [5.41, 5.74) is 0.496. The van der Waals surface area contributed by atoms with Crippen LogP contribution in [0.3, 0.4) is 0 Å². The van der Waals surface area contributed by atoms with Gasteiger partial charge in [-0.25, -0.2) is 9.78 Å². The third kappa shape index (κ3) is 1.86. The van der Waals surface area contributed by atoms with Crippen molar-refractivity contribution in [1.29, 1.82) is 0 Å². The second-order valence-corrected chi connectivity index (χ2v) is 4.62. The Morgan fingerprint density at radius 2 is 2.31 bits per heavy atom. The van der Waals surface area contributed by atoms with E-state index in [4.69, 9.17) is 9.52 Å². The summed E-state index contributed by atoms with van der Waals surface area (Å²) in [6, 6.07) is 3.73. The maximum Gasteiger partial charge on any atom is 0.373 e. The molecule has 0 aliphatic heterocycles. The Labute approximate surface area is 96.6 Å². The lowest BCUT2D eigenvalue weighted by Crippen LogP contribution is -2.01. The van der Waals surface area contributed by atoms with E-state index in [9.17, 15) is 4.79 Å². The van der Waals surface area contributed by atoms with Crippen LogP contribution in [0.25, 0.3) is 10.8 Å². The Kier molecular flexibility index (Phi) is 2.78. The van der Waals surface area contributed by atoms with E-state index in [1.807, 2.05) is 31.4 Å². The molecule has 0 aliphatic carbocycles. The first kappa shape index (κ1) is 10.9. The zero-order chi connectivity index (χ0) is 11.7. The van der Waals surface area contributed by atoms with Gasteiger partial charge in [-0.1, -0.05) is 19.9 Å². The van der Waals surface area contributed by atoms with Crippen molar-refractivity contribution in [3.05, 3.63) is 29.0 Å². The highest BCUT2D eigenvalue weighted by molar-refractivity contribution is 7.13. The highest BCUT2D eigenvalue weighted by Crippen LogP contribution is 2.29. The first-order chi connectivity index (χ1) is 7.59. The molecule has 0 bridgehead atoms. The Bertz CT molecular complexity index is 499. The predicted octanol–water partition coefficient (Wildman–Crippen LogP) is 3.22. The minimum Gasteiger partial charge on any atom is -0.475 e. The van der Waals surface area contributed by atoms with Crippen molar-refractivity contribution >= 4 is 17.3 Å². The average Bonchev–Trinajstić information content (AvgIpc) is 2.86. The monoisotopic (exact) mass is 237 g/mol. The number of thiophene rings is 1. The number of carboxylic acid groups (broad SMARTS) is 1. The summed E-state index contributed by atoms with van der Waals surface area (Å²) in [6.45, 7) is 3.78. The van der Waals surface area contributed by atoms with Crippen molar-refractivity contribution < 1.29 is 14.3 Å². The van der Waals surface area contributed by atoms with Crippen LogP contribution in [0.5, 0.6) is 0 Å². The topological polar surface area (TPSA) is 63.3 Å². The van der Waals surface area contributed by atoms with E-state index in [0.29, 0.717) is 11.6 Å². The second kappa shape index (κ2) is 4.09. The van der Waals surface area contributed by atoms with E-state index in [-0.39, 0.29) is 11.7 Å². The molecule has 0 unspecified atom stereocenters. The minimum atomic E-state index is -1.07. The zero-order valence-corrected chi connectivity index (χ0v) is 9.75. The van der Waals surface area contributed by atoms with Crippen LogP contribution in [-0.4, -0.2) is 16.1 Å². The Morgan fingerprint density at radius 1 is 1.56 bits per heavy atom. The van der Waals surface area contributed by atoms with Crippen LogP contribution in [0.2, 0.25) is 0 Å². The molecule has 0 aromatic carbocycles. The van der Waals surface area contributed by atoms with Gasteiger partial charge < -0.3 is 9.52 Å². The third-order valence-electron chi connectivity index (χ3n) is 2.13. The largest absolute Gasteiger partial charge is 0.475 e. The van der Waals surface area contributed by atoms with E-state index in [2.05, 4.69) is 4.98 Å². The van der Waals surface area contributed by atoms with Gasteiger partial charge in [0.1, 0.15) is 0 Å². The summed E-state index contributed by atoms with van der Waals surface area (Å²) in [7, 11) is 0. The van der Waals surface area contributed by atoms with Crippen LogP contribution >= 0.6 is 11.3 Å². The van der Waals surface area contributed by atoms with Crippen molar-refractivity contribution in [2.45, 2.75) is 19.8 Å². The molecule has 1 N–H and O–H groups in total. The van der Waals surface area contributed by atoms with Crippen LogP contribution in [0.4, 0.5) is 0 Å². The summed E-state index contributed by atoms with van der Waals surface area (Å²) < 4.78 is 5.28. The minimum absolute atomic E-state index is 0.0311. The summed E-state index contributed by atoms with van der Waals surface area (Å²) in [5.74, 6) is -0.711. The Balaban J connectivity index is 2.51. The molecule has 0 saturated carbocycles. The standard InChI is InChI=1S/C11H11NO3S/c1-6(2)8-9(11(13)14)15-10(12-8)7-4-3-5-16-7/h3-6H,1-2H3,(H,13,14). The molecular formula is C11H11NO3S. The fraction of sp³-hybridized carbons (Fsp3) is 0.273. The molecule has 0 atom stereocenters. The molecule has 2 aromatic rings. The van der Waals surface area contributed by atoms with E-state index < -0.39 is 5.97 Å². The van der Waals surface area contributed by atoms with E-state index in [0.717, 1.165) is 4.88 Å². The van der Waals surface area contributed by atoms with Crippen LogP contribution in [0.15, 0.2) is 21.9 Å². The smallest absolute Gasteiger partial charge is 0.373 e. The maximum atomic E-state index is 11.0. The first-order valence-electron chi connectivity index (χ1n) is 4.87. The van der Waals surface area contributed by atoms with Crippen LogP contribution < -0.4 is 0 Å². The number of nitrogens with zero attached hydrogens (tertiary/aromatic N) is 1. The molecule has 0 amide bonds. The zero-order valence-electron chi connectivity index (χ0n) is 8.93. The molecule has 5 heteroatoms. The van der Waals surface area contributed by atoms with Crippen LogP contribution in [0, 0.1) is 0 Å². The molecule has 0 radical (unpaired) electrons. The number of aromatic carboxylic acids is 1.